The number of nitrogens with one attached hydrogen (secondary N) is 1. The molecule has 0 bridgehead atoms. The van der Waals surface area contributed by atoms with E-state index >= 15 is 0 Å². The van der Waals surface area contributed by atoms with Gasteiger partial charge in [-0.3, -0.25) is 9.89 Å². The summed E-state index contributed by atoms with van der Waals surface area (Å²) in [5, 5.41) is 16.1. The Morgan fingerprint density at radius 1 is 1.33 bits per heavy atom. The number of carboxylic acid groups (broad SMARTS) is 1. The molecule has 0 aliphatic heterocycles. The topological polar surface area (TPSA) is 92.3 Å². The number of carbonyl (C=O) groups is 2. The van der Waals surface area contributed by atoms with Crippen molar-refractivity contribution in [2.75, 3.05) is 0 Å². The van der Waals surface area contributed by atoms with E-state index in [4.69, 9.17) is 4.74 Å². The fraction of sp³-hybridized carbons (Fsp3) is 0.267. The van der Waals surface area contributed by atoms with Crippen LogP contribution in [0.25, 0.3) is 11.1 Å². The van der Waals surface area contributed by atoms with Crippen LogP contribution in [-0.4, -0.2) is 32.8 Å². The predicted molar refractivity (Wildman–Crippen MR) is 75.5 cm³/mol. The molecule has 0 aliphatic rings. The van der Waals surface area contributed by atoms with Gasteiger partial charge in [-0.1, -0.05) is 30.3 Å². The van der Waals surface area contributed by atoms with Gasteiger partial charge in [0.25, 0.3) is 0 Å². The number of carbonyl (C=O) groups excluding carboxylic acids is 1. The van der Waals surface area contributed by atoms with Crippen LogP contribution in [0.1, 0.15) is 19.5 Å². The average molecular weight is 288 g/mol. The van der Waals surface area contributed by atoms with Gasteiger partial charge >= 0.3 is 11.9 Å². The summed E-state index contributed by atoms with van der Waals surface area (Å²) in [5.41, 5.74) is 0.668. The number of hydrogen-bond acceptors (Lipinski definition) is 4. The highest BCUT2D eigenvalue weighted by molar-refractivity contribution is 5.81. The van der Waals surface area contributed by atoms with Gasteiger partial charge in [-0.25, -0.2) is 4.79 Å². The van der Waals surface area contributed by atoms with Crippen LogP contribution in [0.15, 0.2) is 36.5 Å². The van der Waals surface area contributed by atoms with E-state index in [0.717, 1.165) is 11.1 Å². The first-order valence-corrected chi connectivity index (χ1v) is 6.43. The van der Waals surface area contributed by atoms with Gasteiger partial charge in [0, 0.05) is 24.6 Å². The molecule has 0 amide bonds. The minimum Gasteiger partial charge on any atom is -0.478 e. The number of benzene rings is 1. The minimum absolute atomic E-state index is 0.00609. The van der Waals surface area contributed by atoms with Crippen LogP contribution >= 0.6 is 0 Å². The highest BCUT2D eigenvalue weighted by Crippen LogP contribution is 2.26. The van der Waals surface area contributed by atoms with Gasteiger partial charge in [0.05, 0.1) is 6.20 Å². The minimum atomic E-state index is -1.64. The van der Waals surface area contributed by atoms with Gasteiger partial charge in [0.1, 0.15) is 0 Å². The zero-order chi connectivity index (χ0) is 15.5. The number of H-pyrrole nitrogens is 1. The van der Waals surface area contributed by atoms with E-state index < -0.39 is 17.5 Å². The van der Waals surface area contributed by atoms with Crippen LogP contribution in [0, 0.1) is 0 Å². The monoisotopic (exact) mass is 288 g/mol. The maximum absolute atomic E-state index is 11.4. The van der Waals surface area contributed by atoms with E-state index in [1.807, 2.05) is 30.3 Å². The summed E-state index contributed by atoms with van der Waals surface area (Å²) < 4.78 is 4.98. The van der Waals surface area contributed by atoms with Crippen molar-refractivity contribution < 1.29 is 19.4 Å². The number of hydrogen-bond donors (Lipinski definition) is 2. The predicted octanol–water partition coefficient (Wildman–Crippen LogP) is 2.03. The lowest BCUT2D eigenvalue weighted by atomic mass is 9.95. The molecule has 1 unspecified atom stereocenters. The second-order valence-corrected chi connectivity index (χ2v) is 4.93. The molecule has 2 aromatic rings. The third-order valence-corrected chi connectivity index (χ3v) is 3.14. The summed E-state index contributed by atoms with van der Waals surface area (Å²) in [6.07, 6.45) is 1.63. The van der Waals surface area contributed by atoms with Crippen molar-refractivity contribution in [2.24, 2.45) is 0 Å². The third kappa shape index (κ3) is 3.28. The van der Waals surface area contributed by atoms with Crippen LogP contribution < -0.4 is 0 Å². The van der Waals surface area contributed by atoms with Crippen LogP contribution in [0.3, 0.4) is 0 Å². The molecule has 0 saturated carbocycles. The lowest BCUT2D eigenvalue weighted by Gasteiger charge is -2.24. The number of esters is 1. The first-order chi connectivity index (χ1) is 9.92. The number of aromatic nitrogens is 2. The number of carboxylic acids is 1. The van der Waals surface area contributed by atoms with Crippen molar-refractivity contribution in [3.63, 3.8) is 0 Å². The lowest BCUT2D eigenvalue weighted by Crippen LogP contribution is -2.42. The Hall–Kier alpha value is -2.63. The molecule has 0 fully saturated rings. The second-order valence-electron chi connectivity index (χ2n) is 4.93. The number of aliphatic carboxylic acids is 1. The van der Waals surface area contributed by atoms with E-state index in [9.17, 15) is 14.7 Å². The second kappa shape index (κ2) is 5.78. The SMILES string of the molecule is CC(=O)OC(C)(Cc1[nH]ncc1-c1ccccc1)C(=O)O. The third-order valence-electron chi connectivity index (χ3n) is 3.14. The zero-order valence-corrected chi connectivity index (χ0v) is 11.8. The molecular formula is C15H16N2O4. The Labute approximate surface area is 121 Å². The molecule has 0 aliphatic carbocycles. The number of nitrogens with zero attached hydrogens (tertiary/aromatic N) is 1. The number of rotatable bonds is 5. The number of aromatic amines is 1. The zero-order valence-electron chi connectivity index (χ0n) is 11.8. The average Bonchev–Trinajstić information content (AvgIpc) is 2.86. The van der Waals surface area contributed by atoms with Crippen LogP contribution in [0.2, 0.25) is 0 Å². The molecule has 110 valence electrons. The van der Waals surface area contributed by atoms with Gasteiger partial charge in [-0.2, -0.15) is 5.10 Å². The molecule has 6 heteroatoms. The van der Waals surface area contributed by atoms with Gasteiger partial charge in [0.15, 0.2) is 0 Å². The van der Waals surface area contributed by atoms with Crippen molar-refractivity contribution in [3.05, 3.63) is 42.2 Å². The molecule has 1 aromatic carbocycles. The first-order valence-electron chi connectivity index (χ1n) is 6.43. The maximum atomic E-state index is 11.4. The smallest absolute Gasteiger partial charge is 0.348 e. The maximum Gasteiger partial charge on any atom is 0.348 e. The van der Waals surface area contributed by atoms with E-state index in [1.165, 1.54) is 13.8 Å². The van der Waals surface area contributed by atoms with E-state index in [1.54, 1.807) is 6.20 Å². The molecule has 2 rings (SSSR count). The van der Waals surface area contributed by atoms with Gasteiger partial charge < -0.3 is 9.84 Å². The van der Waals surface area contributed by atoms with E-state index in [-0.39, 0.29) is 6.42 Å². The van der Waals surface area contributed by atoms with Gasteiger partial charge in [-0.15, -0.1) is 0 Å². The fourth-order valence-electron chi connectivity index (χ4n) is 2.12. The Balaban J connectivity index is 2.33. The van der Waals surface area contributed by atoms with E-state index in [0.29, 0.717) is 5.69 Å². The molecule has 0 radical (unpaired) electrons. The molecule has 1 heterocycles. The van der Waals surface area contributed by atoms with Gasteiger partial charge in [-0.05, 0) is 12.5 Å². The first kappa shape index (κ1) is 14.8. The molecule has 1 atom stereocenters. The van der Waals surface area contributed by atoms with Crippen LogP contribution in [0.5, 0.6) is 0 Å². The van der Waals surface area contributed by atoms with E-state index in [2.05, 4.69) is 10.2 Å². The Kier molecular flexibility index (Phi) is 4.07. The summed E-state index contributed by atoms with van der Waals surface area (Å²) in [6.45, 7) is 2.55. The summed E-state index contributed by atoms with van der Waals surface area (Å²) in [6, 6.07) is 9.46. The van der Waals surface area contributed by atoms with Crippen LogP contribution in [0.4, 0.5) is 0 Å². The Morgan fingerprint density at radius 2 is 2.00 bits per heavy atom. The molecule has 0 saturated heterocycles. The summed E-state index contributed by atoms with van der Waals surface area (Å²) in [5.74, 6) is -1.84. The highest BCUT2D eigenvalue weighted by atomic mass is 16.6. The van der Waals surface area contributed by atoms with Gasteiger partial charge in [0.2, 0.25) is 5.60 Å². The van der Waals surface area contributed by atoms with Crippen molar-refractivity contribution in [2.45, 2.75) is 25.9 Å². The van der Waals surface area contributed by atoms with Crippen molar-refractivity contribution >= 4 is 11.9 Å². The van der Waals surface area contributed by atoms with Crippen molar-refractivity contribution in [3.8, 4) is 11.1 Å². The Bertz CT molecular complexity index is 651. The molecule has 6 nitrogen and oxygen atoms in total. The highest BCUT2D eigenvalue weighted by Gasteiger charge is 2.38. The fourth-order valence-corrected chi connectivity index (χ4v) is 2.12. The molecule has 2 N–H and O–H groups in total. The van der Waals surface area contributed by atoms with Crippen molar-refractivity contribution in [1.82, 2.24) is 10.2 Å². The summed E-state index contributed by atoms with van der Waals surface area (Å²) in [7, 11) is 0. The standard InChI is InChI=1S/C15H16N2O4/c1-10(18)21-15(2,14(19)20)8-13-12(9-16-17-13)11-6-4-3-5-7-11/h3-7,9H,8H2,1-2H3,(H,16,17)(H,19,20). The number of ether oxygens (including phenoxy) is 1. The largest absolute Gasteiger partial charge is 0.478 e. The molecule has 1 aromatic heterocycles. The Morgan fingerprint density at radius 3 is 2.57 bits per heavy atom. The van der Waals surface area contributed by atoms with Crippen molar-refractivity contribution in [1.29, 1.82) is 0 Å². The lowest BCUT2D eigenvalue weighted by molar-refractivity contribution is -0.175. The summed E-state index contributed by atoms with van der Waals surface area (Å²) in [4.78, 5) is 22.6. The molecule has 0 spiro atoms. The molecule has 21 heavy (non-hydrogen) atoms. The molecular weight excluding hydrogens is 272 g/mol. The normalized spacial score (nSPS) is 13.4. The van der Waals surface area contributed by atoms with Crippen LogP contribution in [-0.2, 0) is 20.7 Å². The quantitative estimate of drug-likeness (QED) is 0.821. The summed E-state index contributed by atoms with van der Waals surface area (Å²) >= 11 is 0.